The zero-order valence-electron chi connectivity index (χ0n) is 16.7. The Kier molecular flexibility index (Phi) is 6.23. The van der Waals surface area contributed by atoms with Gasteiger partial charge in [0.1, 0.15) is 12.1 Å². The molecule has 2 aromatic rings. The van der Waals surface area contributed by atoms with Crippen LogP contribution in [0.2, 0.25) is 0 Å². The van der Waals surface area contributed by atoms with E-state index in [1.165, 1.54) is 0 Å². The van der Waals surface area contributed by atoms with Crippen molar-refractivity contribution < 1.29 is 9.59 Å². The van der Waals surface area contributed by atoms with E-state index in [-0.39, 0.29) is 17.7 Å². The maximum absolute atomic E-state index is 12.9. The normalized spacial score (nSPS) is 14.3. The first-order valence-corrected chi connectivity index (χ1v) is 9.74. The van der Waals surface area contributed by atoms with Gasteiger partial charge in [-0.2, -0.15) is 0 Å². The van der Waals surface area contributed by atoms with Crippen LogP contribution in [0.3, 0.4) is 0 Å². The summed E-state index contributed by atoms with van der Waals surface area (Å²) in [5.74, 6) is 0.728. The summed E-state index contributed by atoms with van der Waals surface area (Å²) in [6.07, 6.45) is 2.47. The summed E-state index contributed by atoms with van der Waals surface area (Å²) in [6.45, 7) is 8.47. The van der Waals surface area contributed by atoms with Crippen LogP contribution in [0.1, 0.15) is 36.8 Å². The van der Waals surface area contributed by atoms with E-state index < -0.39 is 0 Å². The van der Waals surface area contributed by atoms with E-state index in [4.69, 9.17) is 0 Å². The molecule has 0 atom stereocenters. The minimum Gasteiger partial charge on any atom is -0.353 e. The third-order valence-corrected chi connectivity index (χ3v) is 4.86. The highest BCUT2D eigenvalue weighted by atomic mass is 16.2. The first-order valence-electron chi connectivity index (χ1n) is 9.74. The number of hydrogen-bond acceptors (Lipinski definition) is 5. The molecule has 1 aromatic heterocycles. The molecule has 0 aliphatic carbocycles. The number of rotatable bonds is 5. The maximum atomic E-state index is 12.9. The number of hydrogen-bond donors (Lipinski definition) is 1. The van der Waals surface area contributed by atoms with Crippen LogP contribution in [0, 0.1) is 5.92 Å². The first-order chi connectivity index (χ1) is 13.5. The molecule has 0 saturated carbocycles. The van der Waals surface area contributed by atoms with Gasteiger partial charge in [0.2, 0.25) is 5.91 Å². The van der Waals surface area contributed by atoms with Gasteiger partial charge in [-0.15, -0.1) is 0 Å². The Hall–Kier alpha value is -2.96. The summed E-state index contributed by atoms with van der Waals surface area (Å²) in [6, 6.07) is 9.14. The predicted octanol–water partition coefficient (Wildman–Crippen LogP) is 2.60. The van der Waals surface area contributed by atoms with Gasteiger partial charge in [-0.25, -0.2) is 9.97 Å². The van der Waals surface area contributed by atoms with Crippen LogP contribution in [0.5, 0.6) is 0 Å². The minimum atomic E-state index is -0.109. The molecule has 1 aliphatic heterocycles. The van der Waals surface area contributed by atoms with Gasteiger partial charge in [-0.1, -0.05) is 26.8 Å². The Bertz CT molecular complexity index is 844. The number of aryl methyl sites for hydroxylation is 1. The quantitative estimate of drug-likeness (QED) is 0.861. The van der Waals surface area contributed by atoms with E-state index in [1.54, 1.807) is 30.6 Å². The van der Waals surface area contributed by atoms with Crippen molar-refractivity contribution in [3.05, 3.63) is 47.9 Å². The van der Waals surface area contributed by atoms with Crippen LogP contribution in [0.15, 0.2) is 36.7 Å². The van der Waals surface area contributed by atoms with Crippen molar-refractivity contribution >= 4 is 23.3 Å². The van der Waals surface area contributed by atoms with Crippen molar-refractivity contribution in [3.8, 4) is 0 Å². The van der Waals surface area contributed by atoms with Crippen LogP contribution < -0.4 is 10.2 Å². The van der Waals surface area contributed by atoms with Gasteiger partial charge in [0.25, 0.3) is 5.91 Å². The lowest BCUT2D eigenvalue weighted by Crippen LogP contribution is -2.49. The highest BCUT2D eigenvalue weighted by Crippen LogP contribution is 2.18. The highest BCUT2D eigenvalue weighted by molar-refractivity contribution is 5.97. The minimum absolute atomic E-state index is 0.0165. The molecule has 1 fully saturated rings. The zero-order chi connectivity index (χ0) is 20.1. The van der Waals surface area contributed by atoms with Crippen molar-refractivity contribution in [2.75, 3.05) is 36.4 Å². The van der Waals surface area contributed by atoms with Gasteiger partial charge in [0, 0.05) is 55.1 Å². The van der Waals surface area contributed by atoms with Gasteiger partial charge < -0.3 is 15.1 Å². The fraction of sp³-hybridized carbons (Fsp3) is 0.429. The van der Waals surface area contributed by atoms with E-state index in [2.05, 4.69) is 27.1 Å². The summed E-state index contributed by atoms with van der Waals surface area (Å²) in [5, 5.41) is 2.85. The van der Waals surface area contributed by atoms with Crippen molar-refractivity contribution in [2.24, 2.45) is 5.92 Å². The average molecular weight is 381 g/mol. The number of nitrogens with one attached hydrogen (secondary N) is 1. The number of benzene rings is 1. The molecule has 0 spiro atoms. The summed E-state index contributed by atoms with van der Waals surface area (Å²) in [4.78, 5) is 37.4. The summed E-state index contributed by atoms with van der Waals surface area (Å²) < 4.78 is 0. The van der Waals surface area contributed by atoms with Crippen molar-refractivity contribution in [1.82, 2.24) is 14.9 Å². The Labute approximate surface area is 165 Å². The molecule has 148 valence electrons. The molecular formula is C21H27N5O2. The molecule has 0 unspecified atom stereocenters. The van der Waals surface area contributed by atoms with Crippen molar-refractivity contribution in [1.29, 1.82) is 0 Å². The fourth-order valence-electron chi connectivity index (χ4n) is 3.09. The predicted molar refractivity (Wildman–Crippen MR) is 109 cm³/mol. The third kappa shape index (κ3) is 4.65. The van der Waals surface area contributed by atoms with E-state index in [0.29, 0.717) is 24.3 Å². The standard InChI is InChI=1S/C21H27N5O2/c1-4-17-13-19(23-14-22-17)25-8-10-26(11-9-25)21(28)16-6-5-7-18(12-16)24-20(27)15(2)3/h5-7,12-15H,4,8-11H2,1-3H3,(H,24,27). The zero-order valence-corrected chi connectivity index (χ0v) is 16.7. The monoisotopic (exact) mass is 381 g/mol. The van der Waals surface area contributed by atoms with E-state index in [1.807, 2.05) is 24.8 Å². The van der Waals surface area contributed by atoms with Crippen LogP contribution in [-0.4, -0.2) is 52.9 Å². The number of carbonyl (C=O) groups excluding carboxylic acids is 2. The van der Waals surface area contributed by atoms with Crippen LogP contribution in [0.25, 0.3) is 0 Å². The summed E-state index contributed by atoms with van der Waals surface area (Å²) in [7, 11) is 0. The molecule has 2 amide bonds. The Morgan fingerprint density at radius 3 is 2.54 bits per heavy atom. The van der Waals surface area contributed by atoms with Gasteiger partial charge in [-0.3, -0.25) is 9.59 Å². The number of carbonyl (C=O) groups is 2. The van der Waals surface area contributed by atoms with Crippen LogP contribution in [-0.2, 0) is 11.2 Å². The van der Waals surface area contributed by atoms with Crippen LogP contribution >= 0.6 is 0 Å². The maximum Gasteiger partial charge on any atom is 0.254 e. The van der Waals surface area contributed by atoms with Gasteiger partial charge in [-0.05, 0) is 24.6 Å². The Balaban J connectivity index is 1.63. The largest absolute Gasteiger partial charge is 0.353 e. The molecule has 1 aromatic carbocycles. The smallest absolute Gasteiger partial charge is 0.254 e. The summed E-state index contributed by atoms with van der Waals surface area (Å²) in [5.41, 5.74) is 2.25. The second-order valence-corrected chi connectivity index (χ2v) is 7.23. The number of nitrogens with zero attached hydrogens (tertiary/aromatic N) is 4. The molecule has 2 heterocycles. The molecule has 3 rings (SSSR count). The van der Waals surface area contributed by atoms with Crippen molar-refractivity contribution in [3.63, 3.8) is 0 Å². The third-order valence-electron chi connectivity index (χ3n) is 4.86. The molecule has 7 nitrogen and oxygen atoms in total. The van der Waals surface area contributed by atoms with E-state index in [9.17, 15) is 9.59 Å². The van der Waals surface area contributed by atoms with Crippen LogP contribution in [0.4, 0.5) is 11.5 Å². The highest BCUT2D eigenvalue weighted by Gasteiger charge is 2.23. The van der Waals surface area contributed by atoms with E-state index >= 15 is 0 Å². The second-order valence-electron chi connectivity index (χ2n) is 7.23. The molecule has 0 bridgehead atoms. The molecule has 1 saturated heterocycles. The molecule has 7 heteroatoms. The number of piperazine rings is 1. The molecule has 0 radical (unpaired) electrons. The lowest BCUT2D eigenvalue weighted by atomic mass is 10.1. The topological polar surface area (TPSA) is 78.4 Å². The number of amides is 2. The van der Waals surface area contributed by atoms with E-state index in [0.717, 1.165) is 31.0 Å². The SMILES string of the molecule is CCc1cc(N2CCN(C(=O)c3cccc(NC(=O)C(C)C)c3)CC2)ncn1. The molecular weight excluding hydrogens is 354 g/mol. The van der Waals surface area contributed by atoms with Gasteiger partial charge >= 0.3 is 0 Å². The lowest BCUT2D eigenvalue weighted by molar-refractivity contribution is -0.118. The second kappa shape index (κ2) is 8.82. The fourth-order valence-corrected chi connectivity index (χ4v) is 3.09. The van der Waals surface area contributed by atoms with Crippen molar-refractivity contribution in [2.45, 2.75) is 27.2 Å². The number of aromatic nitrogens is 2. The Morgan fingerprint density at radius 1 is 1.11 bits per heavy atom. The van der Waals surface area contributed by atoms with Gasteiger partial charge in [0.05, 0.1) is 0 Å². The summed E-state index contributed by atoms with van der Waals surface area (Å²) >= 11 is 0. The molecule has 28 heavy (non-hydrogen) atoms. The van der Waals surface area contributed by atoms with Gasteiger partial charge in [0.15, 0.2) is 0 Å². The Morgan fingerprint density at radius 2 is 1.86 bits per heavy atom. The first kappa shape index (κ1) is 19.8. The average Bonchev–Trinajstić information content (AvgIpc) is 2.73. The lowest BCUT2D eigenvalue weighted by Gasteiger charge is -2.35. The number of anilines is 2. The molecule has 1 aliphatic rings. The molecule has 1 N–H and O–H groups in total.